The molecule has 3 aliphatic heterocycles. The molecule has 3 rings (SSSR count). The number of thioether (sulfide) groups is 1. The minimum Gasteiger partial charge on any atom is -0.465 e. The number of fused-ring (bicyclic) bond motifs is 1. The maximum Gasteiger partial charge on any atom is 0.311 e. The largest absolute Gasteiger partial charge is 0.465 e. The van der Waals surface area contributed by atoms with Crippen LogP contribution in [0.4, 0.5) is 0 Å². The topological polar surface area (TPSA) is 87.1 Å². The zero-order valence-corrected chi connectivity index (χ0v) is 22.5. The third-order valence-electron chi connectivity index (χ3n) is 8.19. The number of ether oxygens (including phenoxy) is 1. The minimum atomic E-state index is -0.728. The summed E-state index contributed by atoms with van der Waals surface area (Å²) in [7, 11) is 0. The number of aliphatic hydroxyl groups excluding tert-OH is 1. The zero-order valence-electron chi connectivity index (χ0n) is 21.7. The lowest BCUT2D eigenvalue weighted by molar-refractivity contribution is -0.156. The summed E-state index contributed by atoms with van der Waals surface area (Å²) in [5.74, 6) is -1.92. The highest BCUT2D eigenvalue weighted by atomic mass is 32.2. The number of aliphatic hydroxyl groups is 1. The Morgan fingerprint density at radius 2 is 2.03 bits per heavy atom. The summed E-state index contributed by atoms with van der Waals surface area (Å²) in [5, 5.41) is 10.2. The number of hydrogen-bond donors (Lipinski definition) is 1. The van der Waals surface area contributed by atoms with E-state index in [-0.39, 0.29) is 37.0 Å². The third kappa shape index (κ3) is 4.57. The molecule has 3 saturated heterocycles. The average Bonchev–Trinajstić information content (AvgIpc) is 3.39. The van der Waals surface area contributed by atoms with E-state index in [2.05, 4.69) is 20.1 Å². The van der Waals surface area contributed by atoms with E-state index in [9.17, 15) is 19.5 Å². The average molecular weight is 507 g/mol. The first kappa shape index (κ1) is 27.8. The smallest absolute Gasteiger partial charge is 0.311 e. The predicted molar refractivity (Wildman–Crippen MR) is 139 cm³/mol. The van der Waals surface area contributed by atoms with E-state index in [0.29, 0.717) is 25.8 Å². The summed E-state index contributed by atoms with van der Waals surface area (Å²) in [4.78, 5) is 45.2. The number of amides is 2. The standard InChI is InChI=1S/C27H42N2O5S/c1-7-11-16-34-25(33)21-20-23(31)29(19(10-4)17-30)22(27(20)14-13-26(21,6)35-27)24(32)28(15-9-3)18(5)12-8-2/h7,9,18-22,30H,1,3,8,10-17H2,2,4-6H3/t18?,19-,20-,21+,22?,26-,27?/m0/s1. The van der Waals surface area contributed by atoms with E-state index < -0.39 is 33.4 Å². The number of carbonyl (C=O) groups is 3. The Hall–Kier alpha value is -1.80. The van der Waals surface area contributed by atoms with Gasteiger partial charge in [0.05, 0.1) is 35.8 Å². The maximum atomic E-state index is 14.3. The lowest BCUT2D eigenvalue weighted by atomic mass is 9.66. The van der Waals surface area contributed by atoms with Crippen molar-refractivity contribution in [2.45, 2.75) is 93.8 Å². The van der Waals surface area contributed by atoms with Gasteiger partial charge in [-0.25, -0.2) is 0 Å². The van der Waals surface area contributed by atoms with E-state index >= 15 is 0 Å². The van der Waals surface area contributed by atoms with Gasteiger partial charge in [-0.05, 0) is 46.0 Å². The molecule has 2 amide bonds. The molecule has 0 radical (unpaired) electrons. The van der Waals surface area contributed by atoms with Crippen molar-refractivity contribution in [2.24, 2.45) is 11.8 Å². The van der Waals surface area contributed by atoms with Crippen molar-refractivity contribution in [1.82, 2.24) is 9.80 Å². The second-order valence-electron chi connectivity index (χ2n) is 10.4. The van der Waals surface area contributed by atoms with Gasteiger partial charge in [0, 0.05) is 17.3 Å². The molecule has 7 nitrogen and oxygen atoms in total. The fraction of sp³-hybridized carbons (Fsp3) is 0.741. The Labute approximate surface area is 214 Å². The van der Waals surface area contributed by atoms with E-state index in [1.165, 1.54) is 0 Å². The van der Waals surface area contributed by atoms with Crippen LogP contribution in [0.3, 0.4) is 0 Å². The summed E-state index contributed by atoms with van der Waals surface area (Å²) >= 11 is 1.63. The molecule has 196 valence electrons. The molecule has 3 aliphatic rings. The van der Waals surface area contributed by atoms with Crippen LogP contribution in [0, 0.1) is 11.8 Å². The Morgan fingerprint density at radius 1 is 1.31 bits per heavy atom. The molecule has 0 aromatic rings. The Balaban J connectivity index is 2.08. The molecule has 0 aromatic heterocycles. The van der Waals surface area contributed by atoms with Crippen LogP contribution in [0.2, 0.25) is 0 Å². The number of esters is 1. The molecule has 0 saturated carbocycles. The Morgan fingerprint density at radius 3 is 2.60 bits per heavy atom. The van der Waals surface area contributed by atoms with Gasteiger partial charge >= 0.3 is 5.97 Å². The van der Waals surface area contributed by atoms with Crippen LogP contribution in [0.25, 0.3) is 0 Å². The molecule has 0 aliphatic carbocycles. The number of likely N-dealkylation sites (tertiary alicyclic amines) is 1. The van der Waals surface area contributed by atoms with Crippen LogP contribution < -0.4 is 0 Å². The van der Waals surface area contributed by atoms with Crippen LogP contribution >= 0.6 is 11.8 Å². The normalized spacial score (nSPS) is 32.8. The van der Waals surface area contributed by atoms with Gasteiger partial charge in [-0.1, -0.05) is 32.4 Å². The SMILES string of the molecule is C=CCCOC(=O)[C@H]1[C@H]2C(=O)N([C@@H](CC)CO)C(C(=O)N(CC=C)C(C)CCC)C23CC[C@]1(C)S3. The van der Waals surface area contributed by atoms with Gasteiger partial charge < -0.3 is 19.6 Å². The predicted octanol–water partition coefficient (Wildman–Crippen LogP) is 3.56. The summed E-state index contributed by atoms with van der Waals surface area (Å²) in [6.45, 7) is 16.0. The number of hydrogen-bond acceptors (Lipinski definition) is 6. The second-order valence-corrected chi connectivity index (χ2v) is 12.3. The molecule has 1 N–H and O–H groups in total. The number of nitrogens with zero attached hydrogens (tertiary/aromatic N) is 2. The Bertz CT molecular complexity index is 845. The maximum absolute atomic E-state index is 14.3. The van der Waals surface area contributed by atoms with Crippen molar-refractivity contribution >= 4 is 29.5 Å². The highest BCUT2D eigenvalue weighted by Crippen LogP contribution is 2.71. The molecule has 3 heterocycles. The molecule has 3 fully saturated rings. The van der Waals surface area contributed by atoms with Crippen molar-refractivity contribution in [3.05, 3.63) is 25.3 Å². The molecular weight excluding hydrogens is 464 g/mol. The highest BCUT2D eigenvalue weighted by molar-refractivity contribution is 8.02. The van der Waals surface area contributed by atoms with Crippen molar-refractivity contribution in [1.29, 1.82) is 0 Å². The fourth-order valence-corrected chi connectivity index (χ4v) is 8.82. The van der Waals surface area contributed by atoms with Gasteiger partial charge in [0.1, 0.15) is 6.04 Å². The van der Waals surface area contributed by atoms with Gasteiger partial charge in [-0.3, -0.25) is 14.4 Å². The molecule has 3 unspecified atom stereocenters. The van der Waals surface area contributed by atoms with Crippen molar-refractivity contribution in [3.8, 4) is 0 Å². The third-order valence-corrected chi connectivity index (χ3v) is 10.2. The van der Waals surface area contributed by atoms with Gasteiger partial charge in [-0.2, -0.15) is 0 Å². The summed E-state index contributed by atoms with van der Waals surface area (Å²) < 4.78 is 4.41. The van der Waals surface area contributed by atoms with Crippen molar-refractivity contribution in [3.63, 3.8) is 0 Å². The first-order chi connectivity index (χ1) is 16.7. The summed E-state index contributed by atoms with van der Waals surface area (Å²) in [5.41, 5.74) is 0. The first-order valence-electron chi connectivity index (χ1n) is 13.0. The molecule has 1 spiro atoms. The van der Waals surface area contributed by atoms with Crippen molar-refractivity contribution in [2.75, 3.05) is 19.8 Å². The van der Waals surface area contributed by atoms with E-state index in [0.717, 1.165) is 19.3 Å². The zero-order chi connectivity index (χ0) is 26.0. The lowest BCUT2D eigenvalue weighted by Gasteiger charge is -2.41. The van der Waals surface area contributed by atoms with Crippen LogP contribution in [0.15, 0.2) is 25.3 Å². The molecular formula is C27H42N2O5S. The van der Waals surface area contributed by atoms with E-state index in [4.69, 9.17) is 4.74 Å². The van der Waals surface area contributed by atoms with E-state index in [1.54, 1.807) is 28.8 Å². The number of carbonyl (C=O) groups excluding carboxylic acids is 3. The molecule has 8 heteroatoms. The van der Waals surface area contributed by atoms with Crippen LogP contribution in [-0.4, -0.2) is 80.1 Å². The second kappa shape index (κ2) is 11.1. The summed E-state index contributed by atoms with van der Waals surface area (Å²) in [6.07, 6.45) is 7.69. The van der Waals surface area contributed by atoms with Crippen molar-refractivity contribution < 1.29 is 24.2 Å². The monoisotopic (exact) mass is 506 g/mol. The van der Waals surface area contributed by atoms with Crippen LogP contribution in [-0.2, 0) is 19.1 Å². The number of rotatable bonds is 13. The van der Waals surface area contributed by atoms with Gasteiger partial charge in [-0.15, -0.1) is 24.9 Å². The minimum absolute atomic E-state index is 0.00837. The highest BCUT2D eigenvalue weighted by Gasteiger charge is 2.78. The molecule has 7 atom stereocenters. The van der Waals surface area contributed by atoms with Crippen LogP contribution in [0.1, 0.15) is 66.2 Å². The van der Waals surface area contributed by atoms with Gasteiger partial charge in [0.25, 0.3) is 0 Å². The first-order valence-corrected chi connectivity index (χ1v) is 13.8. The van der Waals surface area contributed by atoms with Gasteiger partial charge in [0.2, 0.25) is 11.8 Å². The summed E-state index contributed by atoms with van der Waals surface area (Å²) in [6, 6.07) is -1.21. The molecule has 35 heavy (non-hydrogen) atoms. The quantitative estimate of drug-likeness (QED) is 0.234. The van der Waals surface area contributed by atoms with Crippen LogP contribution in [0.5, 0.6) is 0 Å². The molecule has 0 aromatic carbocycles. The van der Waals surface area contributed by atoms with E-state index in [1.807, 2.05) is 25.7 Å². The van der Waals surface area contributed by atoms with Gasteiger partial charge in [0.15, 0.2) is 0 Å². The Kier molecular flexibility index (Phi) is 8.79. The fourth-order valence-electron chi connectivity index (χ4n) is 6.50. The lowest BCUT2D eigenvalue weighted by Crippen LogP contribution is -2.58. The molecule has 2 bridgehead atoms.